The van der Waals surface area contributed by atoms with Gasteiger partial charge in [-0.25, -0.2) is 0 Å². The second-order valence-electron chi connectivity index (χ2n) is 7.23. The fourth-order valence-corrected chi connectivity index (χ4v) is 4.42. The SMILES string of the molecule is Cn1cc([C@H]2C[C@@H]2C(=O)N(Cc2cccs2)c2ccc3c(c2)OCCO3)cn1. The highest BCUT2D eigenvalue weighted by molar-refractivity contribution is 7.09. The molecular formula is C21H21N3O3S. The van der Waals surface area contributed by atoms with Gasteiger partial charge in [-0.2, -0.15) is 5.10 Å². The highest BCUT2D eigenvalue weighted by atomic mass is 32.1. The number of ether oxygens (including phenoxy) is 2. The Morgan fingerprint density at radius 1 is 1.29 bits per heavy atom. The third-order valence-corrected chi connectivity index (χ3v) is 6.12. The summed E-state index contributed by atoms with van der Waals surface area (Å²) in [6.45, 7) is 1.65. The van der Waals surface area contributed by atoms with Crippen molar-refractivity contribution in [3.8, 4) is 11.5 Å². The summed E-state index contributed by atoms with van der Waals surface area (Å²) >= 11 is 1.66. The molecule has 2 atom stereocenters. The Balaban J connectivity index is 1.42. The average Bonchev–Trinajstić information content (AvgIpc) is 3.11. The molecule has 1 aliphatic heterocycles. The van der Waals surface area contributed by atoms with Crippen LogP contribution < -0.4 is 14.4 Å². The van der Waals surface area contributed by atoms with Crippen LogP contribution in [0.5, 0.6) is 11.5 Å². The summed E-state index contributed by atoms with van der Waals surface area (Å²) < 4.78 is 13.1. The Kier molecular flexibility index (Phi) is 4.31. The Morgan fingerprint density at radius 3 is 2.89 bits per heavy atom. The molecule has 0 saturated heterocycles. The third kappa shape index (κ3) is 3.26. The van der Waals surface area contributed by atoms with Crippen LogP contribution in [0.1, 0.15) is 22.8 Å². The van der Waals surface area contributed by atoms with Crippen molar-refractivity contribution in [3.63, 3.8) is 0 Å². The van der Waals surface area contributed by atoms with E-state index in [-0.39, 0.29) is 17.7 Å². The lowest BCUT2D eigenvalue weighted by Crippen LogP contribution is -2.32. The summed E-state index contributed by atoms with van der Waals surface area (Å²) in [5.74, 6) is 1.84. The Morgan fingerprint density at radius 2 is 2.14 bits per heavy atom. The van der Waals surface area contributed by atoms with E-state index in [1.54, 1.807) is 16.0 Å². The summed E-state index contributed by atoms with van der Waals surface area (Å²) in [4.78, 5) is 16.5. The van der Waals surface area contributed by atoms with Gasteiger partial charge in [-0.1, -0.05) is 6.07 Å². The molecule has 0 unspecified atom stereocenters. The topological polar surface area (TPSA) is 56.6 Å². The molecule has 3 heterocycles. The third-order valence-electron chi connectivity index (χ3n) is 5.26. The maximum absolute atomic E-state index is 13.4. The number of carbonyl (C=O) groups excluding carboxylic acids is 1. The van der Waals surface area contributed by atoms with E-state index in [1.165, 1.54) is 0 Å². The van der Waals surface area contributed by atoms with Gasteiger partial charge in [-0.3, -0.25) is 9.48 Å². The highest BCUT2D eigenvalue weighted by Gasteiger charge is 2.46. The zero-order valence-electron chi connectivity index (χ0n) is 15.6. The smallest absolute Gasteiger partial charge is 0.231 e. The van der Waals surface area contributed by atoms with E-state index < -0.39 is 0 Å². The molecule has 28 heavy (non-hydrogen) atoms. The fraction of sp³-hybridized carbons (Fsp3) is 0.333. The molecular weight excluding hydrogens is 374 g/mol. The number of aryl methyl sites for hydroxylation is 1. The van der Waals surface area contributed by atoms with Crippen molar-refractivity contribution in [2.45, 2.75) is 18.9 Å². The highest BCUT2D eigenvalue weighted by Crippen LogP contribution is 2.49. The quantitative estimate of drug-likeness (QED) is 0.663. The van der Waals surface area contributed by atoms with Crippen LogP contribution in [0.4, 0.5) is 5.69 Å². The first-order chi connectivity index (χ1) is 13.7. The van der Waals surface area contributed by atoms with Gasteiger partial charge in [0, 0.05) is 35.8 Å². The Labute approximate surface area is 167 Å². The maximum atomic E-state index is 13.4. The van der Waals surface area contributed by atoms with E-state index in [9.17, 15) is 4.79 Å². The predicted molar refractivity (Wildman–Crippen MR) is 107 cm³/mol. The number of anilines is 1. The molecule has 1 amide bonds. The van der Waals surface area contributed by atoms with Crippen LogP contribution in [-0.2, 0) is 18.4 Å². The maximum Gasteiger partial charge on any atom is 0.231 e. The van der Waals surface area contributed by atoms with Crippen molar-refractivity contribution < 1.29 is 14.3 Å². The molecule has 1 saturated carbocycles. The zero-order chi connectivity index (χ0) is 19.1. The predicted octanol–water partition coefficient (Wildman–Crippen LogP) is 3.59. The largest absolute Gasteiger partial charge is 0.486 e. The summed E-state index contributed by atoms with van der Waals surface area (Å²) in [7, 11) is 1.90. The molecule has 1 aliphatic carbocycles. The Bertz CT molecular complexity index is 998. The Hall–Kier alpha value is -2.80. The molecule has 5 rings (SSSR count). The van der Waals surface area contributed by atoms with E-state index in [2.05, 4.69) is 11.2 Å². The number of benzene rings is 1. The molecule has 6 nitrogen and oxygen atoms in total. The molecule has 0 bridgehead atoms. The molecule has 0 spiro atoms. The lowest BCUT2D eigenvalue weighted by Gasteiger charge is -2.25. The van der Waals surface area contributed by atoms with Crippen LogP contribution in [0.25, 0.3) is 0 Å². The van der Waals surface area contributed by atoms with E-state index in [0.29, 0.717) is 25.5 Å². The van der Waals surface area contributed by atoms with Gasteiger partial charge in [0.05, 0.1) is 12.7 Å². The molecule has 2 aliphatic rings. The van der Waals surface area contributed by atoms with Crippen LogP contribution >= 0.6 is 11.3 Å². The summed E-state index contributed by atoms with van der Waals surface area (Å²) in [5, 5.41) is 6.29. The minimum absolute atomic E-state index is 0.00244. The number of thiophene rings is 1. The van der Waals surface area contributed by atoms with Crippen LogP contribution in [0.3, 0.4) is 0 Å². The molecule has 1 aromatic carbocycles. The summed E-state index contributed by atoms with van der Waals surface area (Å²) in [6, 6.07) is 9.84. The molecule has 0 radical (unpaired) electrons. The summed E-state index contributed by atoms with van der Waals surface area (Å²) in [5.41, 5.74) is 1.98. The number of rotatable bonds is 5. The van der Waals surface area contributed by atoms with E-state index >= 15 is 0 Å². The number of fused-ring (bicyclic) bond motifs is 1. The van der Waals surface area contributed by atoms with E-state index in [0.717, 1.165) is 28.3 Å². The zero-order valence-corrected chi connectivity index (χ0v) is 16.4. The molecule has 0 N–H and O–H groups in total. The minimum atomic E-state index is -0.00244. The number of hydrogen-bond acceptors (Lipinski definition) is 5. The average molecular weight is 395 g/mol. The van der Waals surface area contributed by atoms with Crippen molar-refractivity contribution in [3.05, 3.63) is 58.5 Å². The monoisotopic (exact) mass is 395 g/mol. The number of carbonyl (C=O) groups is 1. The second-order valence-corrected chi connectivity index (χ2v) is 8.26. The standard InChI is InChI=1S/C21H21N3O3S/c1-23-12-14(11-22-23)17-10-18(17)21(25)24(13-16-3-2-8-28-16)15-4-5-19-20(9-15)27-7-6-26-19/h2-5,8-9,11-12,17-18H,6-7,10,13H2,1H3/t17-,18+/m1/s1. The van der Waals surface area contributed by atoms with E-state index in [1.807, 2.05) is 54.0 Å². The van der Waals surface area contributed by atoms with Crippen LogP contribution in [0.15, 0.2) is 48.1 Å². The van der Waals surface area contributed by atoms with Crippen LogP contribution in [-0.4, -0.2) is 28.9 Å². The van der Waals surface area contributed by atoms with Gasteiger partial charge in [0.15, 0.2) is 11.5 Å². The summed E-state index contributed by atoms with van der Waals surface area (Å²) in [6.07, 6.45) is 4.74. The van der Waals surface area contributed by atoms with Crippen molar-refractivity contribution in [1.82, 2.24) is 9.78 Å². The van der Waals surface area contributed by atoms with Gasteiger partial charge in [0.1, 0.15) is 13.2 Å². The number of aromatic nitrogens is 2. The fourth-order valence-electron chi connectivity index (χ4n) is 3.72. The van der Waals surface area contributed by atoms with Gasteiger partial charge < -0.3 is 14.4 Å². The van der Waals surface area contributed by atoms with Crippen LogP contribution in [0.2, 0.25) is 0 Å². The van der Waals surface area contributed by atoms with Crippen molar-refractivity contribution in [2.24, 2.45) is 13.0 Å². The molecule has 1 fully saturated rings. The first kappa shape index (κ1) is 17.3. The lowest BCUT2D eigenvalue weighted by atomic mass is 10.1. The number of nitrogens with zero attached hydrogens (tertiary/aromatic N) is 3. The first-order valence-electron chi connectivity index (χ1n) is 9.41. The van der Waals surface area contributed by atoms with Gasteiger partial charge in [0.25, 0.3) is 0 Å². The lowest BCUT2D eigenvalue weighted by molar-refractivity contribution is -0.120. The number of amides is 1. The van der Waals surface area contributed by atoms with Gasteiger partial charge in [-0.05, 0) is 41.5 Å². The van der Waals surface area contributed by atoms with Gasteiger partial charge >= 0.3 is 0 Å². The molecule has 144 valence electrons. The molecule has 3 aromatic rings. The van der Waals surface area contributed by atoms with Crippen LogP contribution in [0, 0.1) is 5.92 Å². The first-order valence-corrected chi connectivity index (χ1v) is 10.3. The molecule has 2 aromatic heterocycles. The van der Waals surface area contributed by atoms with Crippen molar-refractivity contribution in [2.75, 3.05) is 18.1 Å². The second kappa shape index (κ2) is 6.98. The molecule has 7 heteroatoms. The normalized spacial score (nSPS) is 20.0. The van der Waals surface area contributed by atoms with E-state index in [4.69, 9.17) is 9.47 Å². The van der Waals surface area contributed by atoms with Gasteiger partial charge in [-0.15, -0.1) is 11.3 Å². The minimum Gasteiger partial charge on any atom is -0.486 e. The van der Waals surface area contributed by atoms with Crippen molar-refractivity contribution >= 4 is 22.9 Å². The van der Waals surface area contributed by atoms with Crippen molar-refractivity contribution in [1.29, 1.82) is 0 Å². The van der Waals surface area contributed by atoms with Gasteiger partial charge in [0.2, 0.25) is 5.91 Å². The number of hydrogen-bond donors (Lipinski definition) is 0.